The molecule has 1 heterocycles. The van der Waals surface area contributed by atoms with E-state index in [0.717, 1.165) is 12.1 Å². The summed E-state index contributed by atoms with van der Waals surface area (Å²) in [5.41, 5.74) is 7.73. The number of hydrogen-bond acceptors (Lipinski definition) is 3. The number of carbonyl (C=O) groups excluding carboxylic acids is 1. The number of benzene rings is 1. The Morgan fingerprint density at radius 2 is 2.31 bits per heavy atom. The number of para-hydroxylation sites is 1. The van der Waals surface area contributed by atoms with Gasteiger partial charge in [-0.25, -0.2) is 4.79 Å². The smallest absolute Gasteiger partial charge is 0.414 e. The van der Waals surface area contributed by atoms with Crippen LogP contribution in [0.15, 0.2) is 24.3 Å². The largest absolute Gasteiger partial charge is 0.452 e. The van der Waals surface area contributed by atoms with Crippen LogP contribution in [0.2, 0.25) is 0 Å². The first kappa shape index (κ1) is 11.0. The van der Waals surface area contributed by atoms with Crippen molar-refractivity contribution in [2.24, 2.45) is 5.73 Å². The fraction of sp³-hybridized carbons (Fsp3) is 0.417. The lowest BCUT2D eigenvalue weighted by molar-refractivity contribution is 0.179. The van der Waals surface area contributed by atoms with Crippen molar-refractivity contribution in [1.29, 1.82) is 0 Å². The van der Waals surface area contributed by atoms with Crippen LogP contribution in [0.4, 0.5) is 10.5 Å². The average Bonchev–Trinajstić information content (AvgIpc) is 2.68. The Morgan fingerprint density at radius 3 is 3.00 bits per heavy atom. The quantitative estimate of drug-likeness (QED) is 0.825. The number of carbonyl (C=O) groups is 1. The number of nitrogens with zero attached hydrogens (tertiary/aromatic N) is 1. The summed E-state index contributed by atoms with van der Waals surface area (Å²) >= 11 is 0. The van der Waals surface area contributed by atoms with Crippen LogP contribution in [0.1, 0.15) is 17.9 Å². The lowest BCUT2D eigenvalue weighted by atomic mass is 9.98. The molecule has 0 radical (unpaired) electrons. The highest BCUT2D eigenvalue weighted by atomic mass is 16.5. The molecule has 2 rings (SSSR count). The maximum atomic E-state index is 11.6. The number of amides is 1. The first-order valence-electron chi connectivity index (χ1n) is 5.42. The van der Waals surface area contributed by atoms with Crippen molar-refractivity contribution in [3.05, 3.63) is 29.8 Å². The minimum atomic E-state index is -0.299. The Bertz CT molecular complexity index is 392. The van der Waals surface area contributed by atoms with Crippen molar-refractivity contribution in [3.63, 3.8) is 0 Å². The lowest BCUT2D eigenvalue weighted by Crippen LogP contribution is -2.29. The van der Waals surface area contributed by atoms with Gasteiger partial charge in [-0.15, -0.1) is 0 Å². The third-order valence-corrected chi connectivity index (χ3v) is 2.98. The third-order valence-electron chi connectivity index (χ3n) is 2.98. The summed E-state index contributed by atoms with van der Waals surface area (Å²) in [6.45, 7) is 1.30. The van der Waals surface area contributed by atoms with E-state index in [0.29, 0.717) is 19.0 Å². The molecule has 0 fully saturated rings. The van der Waals surface area contributed by atoms with E-state index >= 15 is 0 Å². The molecule has 4 heteroatoms. The van der Waals surface area contributed by atoms with E-state index < -0.39 is 0 Å². The first-order valence-corrected chi connectivity index (χ1v) is 5.42. The number of hydrogen-bond donors (Lipinski definition) is 1. The zero-order chi connectivity index (χ0) is 11.5. The van der Waals surface area contributed by atoms with Crippen LogP contribution in [0, 0.1) is 0 Å². The van der Waals surface area contributed by atoms with E-state index in [1.54, 1.807) is 4.90 Å². The molecule has 16 heavy (non-hydrogen) atoms. The summed E-state index contributed by atoms with van der Waals surface area (Å²) < 4.78 is 4.77. The predicted molar refractivity (Wildman–Crippen MR) is 62.6 cm³/mol. The summed E-state index contributed by atoms with van der Waals surface area (Å²) in [7, 11) is 1.40. The van der Waals surface area contributed by atoms with Crippen LogP contribution in [-0.4, -0.2) is 26.3 Å². The second-order valence-corrected chi connectivity index (χ2v) is 3.91. The summed E-state index contributed by atoms with van der Waals surface area (Å²) in [5, 5.41) is 0. The van der Waals surface area contributed by atoms with Crippen molar-refractivity contribution in [3.8, 4) is 0 Å². The van der Waals surface area contributed by atoms with Gasteiger partial charge in [0.15, 0.2) is 0 Å². The molecule has 1 aromatic rings. The van der Waals surface area contributed by atoms with Crippen LogP contribution < -0.4 is 10.6 Å². The number of ether oxygens (including phenoxy) is 1. The molecule has 0 aromatic heterocycles. The van der Waals surface area contributed by atoms with Crippen molar-refractivity contribution in [2.45, 2.75) is 12.3 Å². The minimum absolute atomic E-state index is 0.299. The van der Waals surface area contributed by atoms with Crippen LogP contribution in [0.3, 0.4) is 0 Å². The molecule has 4 nitrogen and oxygen atoms in total. The average molecular weight is 220 g/mol. The number of methoxy groups -OCH3 is 1. The SMILES string of the molecule is COC(=O)N1CC(CCN)c2ccccc21. The summed E-state index contributed by atoms with van der Waals surface area (Å²) in [6.07, 6.45) is 0.594. The topological polar surface area (TPSA) is 55.6 Å². The van der Waals surface area contributed by atoms with Crippen LogP contribution in [-0.2, 0) is 4.74 Å². The first-order chi connectivity index (χ1) is 7.77. The number of anilines is 1. The highest BCUT2D eigenvalue weighted by molar-refractivity contribution is 5.90. The fourth-order valence-corrected chi connectivity index (χ4v) is 2.23. The normalized spacial score (nSPS) is 18.4. The summed E-state index contributed by atoms with van der Waals surface area (Å²) in [6, 6.07) is 7.92. The van der Waals surface area contributed by atoms with Gasteiger partial charge in [0.2, 0.25) is 0 Å². The molecule has 0 aliphatic carbocycles. The molecule has 1 amide bonds. The van der Waals surface area contributed by atoms with Gasteiger partial charge < -0.3 is 10.5 Å². The molecule has 1 aromatic carbocycles. The van der Waals surface area contributed by atoms with Gasteiger partial charge in [-0.05, 0) is 24.6 Å². The molecule has 1 aliphatic rings. The van der Waals surface area contributed by atoms with E-state index in [2.05, 4.69) is 6.07 Å². The van der Waals surface area contributed by atoms with E-state index in [-0.39, 0.29) is 6.09 Å². The number of rotatable bonds is 2. The molecule has 1 unspecified atom stereocenters. The highest BCUT2D eigenvalue weighted by Gasteiger charge is 2.31. The molecular formula is C12H16N2O2. The van der Waals surface area contributed by atoms with Gasteiger partial charge in [-0.2, -0.15) is 0 Å². The van der Waals surface area contributed by atoms with Gasteiger partial charge >= 0.3 is 6.09 Å². The van der Waals surface area contributed by atoms with E-state index in [1.807, 2.05) is 18.2 Å². The number of fused-ring (bicyclic) bond motifs is 1. The van der Waals surface area contributed by atoms with Gasteiger partial charge in [0.1, 0.15) is 0 Å². The van der Waals surface area contributed by atoms with Crippen LogP contribution >= 0.6 is 0 Å². The molecule has 0 saturated heterocycles. The van der Waals surface area contributed by atoms with Crippen LogP contribution in [0.5, 0.6) is 0 Å². The molecular weight excluding hydrogens is 204 g/mol. The third kappa shape index (κ3) is 1.76. The molecule has 1 atom stereocenters. The van der Waals surface area contributed by atoms with Crippen molar-refractivity contribution in [2.75, 3.05) is 25.1 Å². The monoisotopic (exact) mass is 220 g/mol. The van der Waals surface area contributed by atoms with Gasteiger partial charge in [-0.3, -0.25) is 4.90 Å². The Morgan fingerprint density at radius 1 is 1.56 bits per heavy atom. The van der Waals surface area contributed by atoms with Gasteiger partial charge in [0.05, 0.1) is 12.8 Å². The molecule has 2 N–H and O–H groups in total. The standard InChI is InChI=1S/C12H16N2O2/c1-16-12(15)14-8-9(6-7-13)10-4-2-3-5-11(10)14/h2-5,9H,6-8,13H2,1H3. The Hall–Kier alpha value is -1.55. The van der Waals surface area contributed by atoms with Crippen molar-refractivity contribution in [1.82, 2.24) is 0 Å². The molecule has 0 spiro atoms. The Balaban J connectivity index is 2.31. The summed E-state index contributed by atoms with van der Waals surface area (Å²) in [5.74, 6) is 0.334. The van der Waals surface area contributed by atoms with Gasteiger partial charge in [0.25, 0.3) is 0 Å². The zero-order valence-electron chi connectivity index (χ0n) is 9.35. The zero-order valence-corrected chi connectivity index (χ0v) is 9.35. The maximum absolute atomic E-state index is 11.6. The lowest BCUT2D eigenvalue weighted by Gasteiger charge is -2.15. The van der Waals surface area contributed by atoms with Crippen molar-refractivity contribution < 1.29 is 9.53 Å². The second-order valence-electron chi connectivity index (χ2n) is 3.91. The van der Waals surface area contributed by atoms with E-state index in [4.69, 9.17) is 10.5 Å². The Labute approximate surface area is 95.0 Å². The van der Waals surface area contributed by atoms with Crippen molar-refractivity contribution >= 4 is 11.8 Å². The molecule has 1 aliphatic heterocycles. The van der Waals surface area contributed by atoms with E-state index in [1.165, 1.54) is 12.7 Å². The maximum Gasteiger partial charge on any atom is 0.414 e. The molecule has 0 bridgehead atoms. The fourth-order valence-electron chi connectivity index (χ4n) is 2.23. The highest BCUT2D eigenvalue weighted by Crippen LogP contribution is 2.37. The van der Waals surface area contributed by atoms with Crippen LogP contribution in [0.25, 0.3) is 0 Å². The van der Waals surface area contributed by atoms with Gasteiger partial charge in [-0.1, -0.05) is 18.2 Å². The van der Waals surface area contributed by atoms with E-state index in [9.17, 15) is 4.79 Å². The second kappa shape index (κ2) is 4.53. The molecule has 86 valence electrons. The van der Waals surface area contributed by atoms with Gasteiger partial charge in [0, 0.05) is 12.5 Å². The minimum Gasteiger partial charge on any atom is -0.452 e. The predicted octanol–water partition coefficient (Wildman–Crippen LogP) is 1.71. The molecule has 0 saturated carbocycles. The number of nitrogens with two attached hydrogens (primary N) is 1. The summed E-state index contributed by atoms with van der Waals surface area (Å²) in [4.78, 5) is 13.3. The Kier molecular flexibility index (Phi) is 3.10.